The van der Waals surface area contributed by atoms with Crippen LogP contribution in [0.3, 0.4) is 0 Å². The molecule has 1 heterocycles. The van der Waals surface area contributed by atoms with Crippen LogP contribution in [0.5, 0.6) is 0 Å². The van der Waals surface area contributed by atoms with Crippen molar-refractivity contribution >= 4 is 11.6 Å². The molecule has 3 rings (SSSR count). The van der Waals surface area contributed by atoms with Gasteiger partial charge in [-0.1, -0.05) is 48.5 Å². The van der Waals surface area contributed by atoms with Crippen LogP contribution in [0.2, 0.25) is 0 Å². The van der Waals surface area contributed by atoms with Gasteiger partial charge < -0.3 is 5.43 Å². The maximum atomic E-state index is 12.4. The molecule has 0 saturated carbocycles. The fourth-order valence-corrected chi connectivity index (χ4v) is 2.43. The average molecular weight is 265 g/mol. The lowest BCUT2D eigenvalue weighted by Crippen LogP contribution is -2.34. The van der Waals surface area contributed by atoms with E-state index in [1.165, 1.54) is 0 Å². The summed E-state index contributed by atoms with van der Waals surface area (Å²) in [5.41, 5.74) is 4.81. The van der Waals surface area contributed by atoms with E-state index >= 15 is 0 Å². The van der Waals surface area contributed by atoms with Crippen molar-refractivity contribution in [2.24, 2.45) is 5.84 Å². The third kappa shape index (κ3) is 2.06. The van der Waals surface area contributed by atoms with E-state index in [0.29, 0.717) is 5.70 Å². The van der Waals surface area contributed by atoms with Crippen LogP contribution in [0.4, 0.5) is 5.69 Å². The average Bonchev–Trinajstić information content (AvgIpc) is 2.86. The molecule has 20 heavy (non-hydrogen) atoms. The lowest BCUT2D eigenvalue weighted by Gasteiger charge is -2.25. The Bertz CT molecular complexity index is 637. The number of hydrogen-bond acceptors (Lipinski definition) is 3. The number of para-hydroxylation sites is 1. The van der Waals surface area contributed by atoms with Gasteiger partial charge in [0.2, 0.25) is 0 Å². The monoisotopic (exact) mass is 265 g/mol. The van der Waals surface area contributed by atoms with Crippen LogP contribution < -0.4 is 16.2 Å². The number of nitrogens with zero attached hydrogens (tertiary/aromatic N) is 1. The minimum Gasteiger partial charge on any atom is -0.320 e. The molecule has 2 aromatic rings. The van der Waals surface area contributed by atoms with Crippen molar-refractivity contribution in [2.45, 2.75) is 6.04 Å². The fraction of sp³-hybridized carbons (Fsp3) is 0.0625. The molecule has 0 fully saturated rings. The number of nitrogens with one attached hydrogen (secondary N) is 1. The van der Waals surface area contributed by atoms with Gasteiger partial charge in [-0.25, -0.2) is 0 Å². The summed E-state index contributed by atoms with van der Waals surface area (Å²) in [6.07, 6.45) is 1.85. The van der Waals surface area contributed by atoms with Crippen LogP contribution >= 0.6 is 0 Å². The molecule has 0 aliphatic carbocycles. The number of benzene rings is 2. The summed E-state index contributed by atoms with van der Waals surface area (Å²) in [5.74, 6) is 5.32. The smallest absolute Gasteiger partial charge is 0.276 e. The third-order valence-corrected chi connectivity index (χ3v) is 3.38. The second kappa shape index (κ2) is 5.19. The van der Waals surface area contributed by atoms with Crippen molar-refractivity contribution < 1.29 is 4.79 Å². The Kier molecular flexibility index (Phi) is 3.23. The predicted octanol–water partition coefficient (Wildman–Crippen LogP) is 2.12. The molecular formula is C16H15N3O. The number of rotatable bonds is 3. The Morgan fingerprint density at radius 1 is 0.950 bits per heavy atom. The minimum absolute atomic E-state index is 0.118. The second-order valence-electron chi connectivity index (χ2n) is 4.59. The summed E-state index contributed by atoms with van der Waals surface area (Å²) in [5, 5.41) is 0. The molecule has 100 valence electrons. The third-order valence-electron chi connectivity index (χ3n) is 3.38. The molecule has 0 saturated heterocycles. The maximum Gasteiger partial charge on any atom is 0.276 e. The van der Waals surface area contributed by atoms with E-state index in [1.807, 2.05) is 66.7 Å². The van der Waals surface area contributed by atoms with Crippen molar-refractivity contribution in [3.63, 3.8) is 0 Å². The van der Waals surface area contributed by atoms with Crippen LogP contribution in [0, 0.1) is 0 Å². The first-order valence-electron chi connectivity index (χ1n) is 6.43. The first-order valence-corrected chi connectivity index (χ1v) is 6.43. The van der Waals surface area contributed by atoms with Crippen molar-refractivity contribution in [3.8, 4) is 0 Å². The largest absolute Gasteiger partial charge is 0.320 e. The van der Waals surface area contributed by atoms with E-state index in [9.17, 15) is 4.79 Å². The summed E-state index contributed by atoms with van der Waals surface area (Å²) >= 11 is 0. The van der Waals surface area contributed by atoms with Gasteiger partial charge in [-0.2, -0.15) is 0 Å². The lowest BCUT2D eigenvalue weighted by molar-refractivity contribution is -0.115. The van der Waals surface area contributed by atoms with Gasteiger partial charge in [-0.3, -0.25) is 15.5 Å². The van der Waals surface area contributed by atoms with E-state index in [2.05, 4.69) is 5.43 Å². The summed E-state index contributed by atoms with van der Waals surface area (Å²) in [6, 6.07) is 19.3. The van der Waals surface area contributed by atoms with Crippen LogP contribution in [-0.4, -0.2) is 5.91 Å². The van der Waals surface area contributed by atoms with Gasteiger partial charge in [0.05, 0.1) is 6.04 Å². The Balaban J connectivity index is 2.05. The maximum absolute atomic E-state index is 12.4. The van der Waals surface area contributed by atoms with Gasteiger partial charge >= 0.3 is 0 Å². The van der Waals surface area contributed by atoms with Crippen LogP contribution in [-0.2, 0) is 4.79 Å². The highest BCUT2D eigenvalue weighted by Crippen LogP contribution is 2.34. The number of anilines is 1. The van der Waals surface area contributed by atoms with Crippen LogP contribution in [0.1, 0.15) is 11.6 Å². The Morgan fingerprint density at radius 2 is 1.55 bits per heavy atom. The van der Waals surface area contributed by atoms with Gasteiger partial charge in [-0.15, -0.1) is 0 Å². The molecular weight excluding hydrogens is 250 g/mol. The first kappa shape index (κ1) is 12.4. The van der Waals surface area contributed by atoms with Crippen molar-refractivity contribution in [3.05, 3.63) is 78.0 Å². The summed E-state index contributed by atoms with van der Waals surface area (Å²) in [6.45, 7) is 0. The number of hydrogen-bond donors (Lipinski definition) is 2. The van der Waals surface area contributed by atoms with E-state index in [4.69, 9.17) is 5.84 Å². The minimum atomic E-state index is -0.142. The predicted molar refractivity (Wildman–Crippen MR) is 78.5 cm³/mol. The molecule has 0 aromatic heterocycles. The molecule has 2 aromatic carbocycles. The zero-order valence-corrected chi connectivity index (χ0v) is 10.9. The molecule has 4 heteroatoms. The molecule has 0 spiro atoms. The molecule has 1 aliphatic rings. The van der Waals surface area contributed by atoms with E-state index in [0.717, 1.165) is 11.3 Å². The molecule has 0 unspecified atom stereocenters. The van der Waals surface area contributed by atoms with Gasteiger partial charge in [0, 0.05) is 5.69 Å². The Labute approximate surface area is 117 Å². The number of carbonyl (C=O) groups is 1. The number of nitrogens with two attached hydrogens (primary N) is 1. The highest BCUT2D eigenvalue weighted by Gasteiger charge is 2.34. The molecule has 1 aliphatic heterocycles. The molecule has 0 radical (unpaired) electrons. The quantitative estimate of drug-likeness (QED) is 0.660. The molecule has 0 bridgehead atoms. The number of hydrazine groups is 1. The normalized spacial score (nSPS) is 18.1. The highest BCUT2D eigenvalue weighted by molar-refractivity contribution is 6.08. The zero-order valence-electron chi connectivity index (χ0n) is 10.9. The molecule has 4 nitrogen and oxygen atoms in total. The topological polar surface area (TPSA) is 58.4 Å². The highest BCUT2D eigenvalue weighted by atomic mass is 16.2. The van der Waals surface area contributed by atoms with E-state index < -0.39 is 0 Å². The van der Waals surface area contributed by atoms with Gasteiger partial charge in [0.1, 0.15) is 5.70 Å². The van der Waals surface area contributed by atoms with E-state index in [-0.39, 0.29) is 11.9 Å². The second-order valence-corrected chi connectivity index (χ2v) is 4.59. The Morgan fingerprint density at radius 3 is 2.15 bits per heavy atom. The van der Waals surface area contributed by atoms with Gasteiger partial charge in [-0.05, 0) is 23.8 Å². The summed E-state index contributed by atoms with van der Waals surface area (Å²) in [7, 11) is 0. The zero-order chi connectivity index (χ0) is 13.9. The number of carbonyl (C=O) groups excluding carboxylic acids is 1. The SMILES string of the molecule is NNC1=C[C@H](c2ccccc2)N(c2ccccc2)C1=O. The molecule has 1 amide bonds. The number of amides is 1. The van der Waals surface area contributed by atoms with Crippen LogP contribution in [0.15, 0.2) is 72.4 Å². The first-order chi connectivity index (χ1) is 9.81. The van der Waals surface area contributed by atoms with E-state index in [1.54, 1.807) is 4.90 Å². The van der Waals surface area contributed by atoms with Gasteiger partial charge in [0.25, 0.3) is 5.91 Å². The standard InChI is InChI=1S/C16H15N3O/c17-18-14-11-15(12-7-3-1-4-8-12)19(16(14)20)13-9-5-2-6-10-13/h1-11,15,18H,17H2/t15-/m1/s1. The molecule has 1 atom stereocenters. The van der Waals surface area contributed by atoms with Crippen molar-refractivity contribution in [1.29, 1.82) is 0 Å². The van der Waals surface area contributed by atoms with Crippen molar-refractivity contribution in [1.82, 2.24) is 5.43 Å². The summed E-state index contributed by atoms with van der Waals surface area (Å²) < 4.78 is 0. The summed E-state index contributed by atoms with van der Waals surface area (Å²) in [4.78, 5) is 14.2. The fourth-order valence-electron chi connectivity index (χ4n) is 2.43. The van der Waals surface area contributed by atoms with Crippen molar-refractivity contribution in [2.75, 3.05) is 4.90 Å². The van der Waals surface area contributed by atoms with Gasteiger partial charge in [0.15, 0.2) is 0 Å². The van der Waals surface area contributed by atoms with Crippen LogP contribution in [0.25, 0.3) is 0 Å². The molecule has 3 N–H and O–H groups in total. The lowest BCUT2D eigenvalue weighted by atomic mass is 10.1. The Hall–Kier alpha value is -2.59.